The van der Waals surface area contributed by atoms with Crippen LogP contribution >= 0.6 is 0 Å². The molecule has 0 aromatic carbocycles. The van der Waals surface area contributed by atoms with Crippen LogP contribution in [0.5, 0.6) is 0 Å². The van der Waals surface area contributed by atoms with Gasteiger partial charge in [0.05, 0.1) is 17.8 Å². The van der Waals surface area contributed by atoms with Crippen molar-refractivity contribution in [2.24, 2.45) is 16.2 Å². The lowest BCUT2D eigenvalue weighted by Gasteiger charge is -2.49. The fraction of sp³-hybridized carbons (Fsp3) is 0.625. The summed E-state index contributed by atoms with van der Waals surface area (Å²) < 4.78 is 5.81. The molecule has 0 aromatic rings. The molecule has 0 radical (unpaired) electrons. The Morgan fingerprint density at radius 1 is 1.08 bits per heavy atom. The van der Waals surface area contributed by atoms with Crippen LogP contribution < -0.4 is 0 Å². The predicted octanol–water partition coefficient (Wildman–Crippen LogP) is 5.81. The molecule has 2 unspecified atom stereocenters. The van der Waals surface area contributed by atoms with Gasteiger partial charge in [0.2, 0.25) is 0 Å². The monoisotopic (exact) mass is 350 g/mol. The van der Waals surface area contributed by atoms with E-state index in [9.17, 15) is 4.79 Å². The summed E-state index contributed by atoms with van der Waals surface area (Å²) in [6, 6.07) is 0. The van der Waals surface area contributed by atoms with Crippen molar-refractivity contribution in [3.8, 4) is 0 Å². The summed E-state index contributed by atoms with van der Waals surface area (Å²) in [4.78, 5) is 13.1. The second-order valence-electron chi connectivity index (χ2n) is 9.41. The van der Waals surface area contributed by atoms with Gasteiger partial charge in [-0.2, -0.15) is 0 Å². The maximum absolute atomic E-state index is 13.1. The van der Waals surface area contributed by atoms with Gasteiger partial charge < -0.3 is 4.74 Å². The van der Waals surface area contributed by atoms with Gasteiger partial charge in [-0.05, 0) is 73.7 Å². The standard InChI is InChI=1S/C24H30O2/c1-4-26-17-7-13-23(3)16(15-17)5-6-18-19(23)9-14-24-20(18)8-11-22(24,2)12-10-21(24)25/h5,8,15H,4,6-7,9-14H2,1-3H3/t22-,23?,24?/m0/s1. The van der Waals surface area contributed by atoms with Gasteiger partial charge in [-0.15, -0.1) is 0 Å². The molecular formula is C24H30O2. The Hall–Kier alpha value is -1.57. The first-order valence-electron chi connectivity index (χ1n) is 10.5. The lowest BCUT2D eigenvalue weighted by atomic mass is 9.53. The third-order valence-electron chi connectivity index (χ3n) is 8.41. The van der Waals surface area contributed by atoms with E-state index in [2.05, 4.69) is 39.0 Å². The number of fused-ring (bicyclic) bond motifs is 3. The highest BCUT2D eigenvalue weighted by Gasteiger charge is 2.63. The van der Waals surface area contributed by atoms with E-state index in [1.807, 2.05) is 0 Å². The van der Waals surface area contributed by atoms with Crippen LogP contribution in [0.4, 0.5) is 0 Å². The van der Waals surface area contributed by atoms with Crippen molar-refractivity contribution >= 4 is 5.78 Å². The van der Waals surface area contributed by atoms with Crippen molar-refractivity contribution in [1.82, 2.24) is 0 Å². The number of carbonyl (C=O) groups is 1. The highest BCUT2D eigenvalue weighted by atomic mass is 16.5. The van der Waals surface area contributed by atoms with Gasteiger partial charge >= 0.3 is 0 Å². The molecule has 1 saturated carbocycles. The maximum Gasteiger partial charge on any atom is 0.143 e. The molecule has 5 aliphatic carbocycles. The number of hydrogen-bond acceptors (Lipinski definition) is 2. The van der Waals surface area contributed by atoms with Gasteiger partial charge in [-0.25, -0.2) is 0 Å². The minimum Gasteiger partial charge on any atom is -0.498 e. The molecule has 3 atom stereocenters. The van der Waals surface area contributed by atoms with Crippen molar-refractivity contribution in [1.29, 1.82) is 0 Å². The summed E-state index contributed by atoms with van der Waals surface area (Å²) in [5.41, 5.74) is 6.18. The lowest BCUT2D eigenvalue weighted by molar-refractivity contribution is -0.127. The zero-order chi connectivity index (χ0) is 18.2. The first-order valence-corrected chi connectivity index (χ1v) is 10.5. The molecular weight excluding hydrogens is 320 g/mol. The van der Waals surface area contributed by atoms with Crippen LogP contribution in [0.15, 0.2) is 46.3 Å². The normalized spacial score (nSPS) is 40.9. The number of Topliss-reactive ketones (excluding diaryl/α,β-unsaturated/α-hetero) is 1. The average Bonchev–Trinajstić information content (AvgIpc) is 3.06. The van der Waals surface area contributed by atoms with Gasteiger partial charge in [0.15, 0.2) is 0 Å². The highest BCUT2D eigenvalue weighted by molar-refractivity contribution is 5.94. The van der Waals surface area contributed by atoms with Crippen molar-refractivity contribution in [3.63, 3.8) is 0 Å². The Balaban J connectivity index is 1.58. The van der Waals surface area contributed by atoms with Crippen molar-refractivity contribution in [2.45, 2.75) is 72.1 Å². The van der Waals surface area contributed by atoms with Crippen LogP contribution in [0.25, 0.3) is 0 Å². The molecule has 1 spiro atoms. The quantitative estimate of drug-likeness (QED) is 0.628. The molecule has 0 saturated heterocycles. The molecule has 2 nitrogen and oxygen atoms in total. The predicted molar refractivity (Wildman–Crippen MR) is 103 cm³/mol. The molecule has 138 valence electrons. The van der Waals surface area contributed by atoms with Gasteiger partial charge in [-0.3, -0.25) is 4.79 Å². The van der Waals surface area contributed by atoms with Crippen molar-refractivity contribution in [3.05, 3.63) is 46.3 Å². The van der Waals surface area contributed by atoms with Crippen molar-refractivity contribution in [2.75, 3.05) is 6.61 Å². The lowest BCUT2D eigenvalue weighted by Crippen LogP contribution is -2.43. The molecule has 0 bridgehead atoms. The van der Waals surface area contributed by atoms with Gasteiger partial charge in [0.1, 0.15) is 5.78 Å². The molecule has 5 rings (SSSR count). The summed E-state index contributed by atoms with van der Waals surface area (Å²) in [5.74, 6) is 1.67. The van der Waals surface area contributed by atoms with Crippen LogP contribution in [0, 0.1) is 16.2 Å². The second kappa shape index (κ2) is 5.24. The number of ketones is 1. The first-order chi connectivity index (χ1) is 12.4. The molecule has 0 N–H and O–H groups in total. The Morgan fingerprint density at radius 2 is 1.92 bits per heavy atom. The second-order valence-corrected chi connectivity index (χ2v) is 9.41. The summed E-state index contributed by atoms with van der Waals surface area (Å²) in [5, 5.41) is 0. The van der Waals surface area contributed by atoms with Gasteiger partial charge in [0.25, 0.3) is 0 Å². The van der Waals surface area contributed by atoms with E-state index >= 15 is 0 Å². The Bertz CT molecular complexity index is 823. The van der Waals surface area contributed by atoms with Crippen LogP contribution in [-0.4, -0.2) is 12.4 Å². The minimum absolute atomic E-state index is 0.136. The SMILES string of the molecule is CCOC1=CC2=CCC3=C(CCC45C(=O)CC[C@]4(C)CC=C35)C2(C)CC1. The topological polar surface area (TPSA) is 26.3 Å². The van der Waals surface area contributed by atoms with Crippen LogP contribution in [0.1, 0.15) is 72.1 Å². The number of carbonyl (C=O) groups excluding carboxylic acids is 1. The molecule has 2 heteroatoms. The summed E-state index contributed by atoms with van der Waals surface area (Å²) >= 11 is 0. The van der Waals surface area contributed by atoms with E-state index in [1.54, 1.807) is 5.57 Å². The first kappa shape index (κ1) is 16.6. The van der Waals surface area contributed by atoms with E-state index in [4.69, 9.17) is 4.74 Å². The Labute approximate surface area is 157 Å². The van der Waals surface area contributed by atoms with E-state index < -0.39 is 0 Å². The number of ether oxygens (including phenoxy) is 1. The van der Waals surface area contributed by atoms with E-state index in [0.717, 1.165) is 63.7 Å². The number of allylic oxidation sites excluding steroid dienone is 8. The fourth-order valence-corrected chi connectivity index (χ4v) is 6.87. The zero-order valence-corrected chi connectivity index (χ0v) is 16.4. The van der Waals surface area contributed by atoms with Crippen LogP contribution in [-0.2, 0) is 9.53 Å². The summed E-state index contributed by atoms with van der Waals surface area (Å²) in [6.07, 6.45) is 15.4. The fourth-order valence-electron chi connectivity index (χ4n) is 6.87. The van der Waals surface area contributed by atoms with E-state index in [-0.39, 0.29) is 16.2 Å². The Kier molecular flexibility index (Phi) is 3.34. The van der Waals surface area contributed by atoms with Gasteiger partial charge in [0, 0.05) is 18.3 Å². The smallest absolute Gasteiger partial charge is 0.143 e. The molecule has 26 heavy (non-hydrogen) atoms. The third kappa shape index (κ3) is 1.81. The number of rotatable bonds is 2. The highest BCUT2D eigenvalue weighted by Crippen LogP contribution is 2.69. The minimum atomic E-state index is -0.158. The molecule has 5 aliphatic rings. The number of hydrogen-bond donors (Lipinski definition) is 0. The van der Waals surface area contributed by atoms with Crippen LogP contribution in [0.2, 0.25) is 0 Å². The third-order valence-corrected chi connectivity index (χ3v) is 8.41. The van der Waals surface area contributed by atoms with Gasteiger partial charge in [-0.1, -0.05) is 31.6 Å². The maximum atomic E-state index is 13.1. The molecule has 0 heterocycles. The van der Waals surface area contributed by atoms with E-state index in [1.165, 1.54) is 16.7 Å². The molecule has 1 fully saturated rings. The zero-order valence-electron chi connectivity index (χ0n) is 16.4. The van der Waals surface area contributed by atoms with E-state index in [0.29, 0.717) is 5.78 Å². The molecule has 0 amide bonds. The van der Waals surface area contributed by atoms with Crippen LogP contribution in [0.3, 0.4) is 0 Å². The molecule has 0 aromatic heterocycles. The van der Waals surface area contributed by atoms with Crippen molar-refractivity contribution < 1.29 is 9.53 Å². The molecule has 0 aliphatic heterocycles. The Morgan fingerprint density at radius 3 is 2.73 bits per heavy atom. The summed E-state index contributed by atoms with van der Waals surface area (Å²) in [7, 11) is 0. The summed E-state index contributed by atoms with van der Waals surface area (Å²) in [6.45, 7) is 7.61. The average molecular weight is 351 g/mol. The largest absolute Gasteiger partial charge is 0.498 e.